The zero-order chi connectivity index (χ0) is 17.3. The van der Waals surface area contributed by atoms with Crippen molar-refractivity contribution in [2.75, 3.05) is 23.4 Å². The van der Waals surface area contributed by atoms with Crippen LogP contribution in [-0.4, -0.2) is 25.0 Å². The summed E-state index contributed by atoms with van der Waals surface area (Å²) in [5.41, 5.74) is 1.04. The quantitative estimate of drug-likeness (QED) is 0.904. The lowest BCUT2D eigenvalue weighted by Gasteiger charge is -2.30. The Morgan fingerprint density at radius 3 is 2.79 bits per heavy atom. The maximum Gasteiger partial charge on any atom is 0.260 e. The zero-order valence-corrected chi connectivity index (χ0v) is 13.6. The van der Waals surface area contributed by atoms with Crippen LogP contribution in [-0.2, 0) is 4.79 Å². The molecule has 0 radical (unpaired) electrons. The average molecular weight is 349 g/mol. The molecule has 0 saturated carbocycles. The molecule has 0 saturated heterocycles. The van der Waals surface area contributed by atoms with Crippen LogP contribution in [0.2, 0.25) is 5.02 Å². The number of amides is 2. The standard InChI is InChI=1S/C17H14ClFN2O3/c1-10(22)20-12-3-4-14(18)13(9-12)17(23)21-6-7-24-16-5-2-11(19)8-15(16)21/h2-5,8-9H,6-7H2,1H3,(H,20,22). The van der Waals surface area contributed by atoms with Crippen LogP contribution in [0.15, 0.2) is 36.4 Å². The highest BCUT2D eigenvalue weighted by atomic mass is 35.5. The number of rotatable bonds is 2. The molecule has 3 rings (SSSR count). The molecular formula is C17H14ClFN2O3. The second-order valence-electron chi connectivity index (χ2n) is 5.29. The molecule has 2 aromatic rings. The van der Waals surface area contributed by atoms with Crippen LogP contribution in [0.25, 0.3) is 0 Å². The van der Waals surface area contributed by atoms with Crippen LogP contribution in [0.4, 0.5) is 15.8 Å². The van der Waals surface area contributed by atoms with Crippen molar-refractivity contribution in [3.8, 4) is 5.75 Å². The van der Waals surface area contributed by atoms with Crippen LogP contribution in [0.1, 0.15) is 17.3 Å². The Kier molecular flexibility index (Phi) is 4.40. The van der Waals surface area contributed by atoms with E-state index in [-0.39, 0.29) is 28.9 Å². The molecule has 0 aliphatic carbocycles. The maximum absolute atomic E-state index is 13.6. The van der Waals surface area contributed by atoms with Crippen LogP contribution in [0.5, 0.6) is 5.75 Å². The smallest absolute Gasteiger partial charge is 0.260 e. The minimum absolute atomic E-state index is 0.222. The summed E-state index contributed by atoms with van der Waals surface area (Å²) in [4.78, 5) is 25.5. The second kappa shape index (κ2) is 6.49. The van der Waals surface area contributed by atoms with E-state index in [2.05, 4.69) is 5.32 Å². The lowest BCUT2D eigenvalue weighted by Crippen LogP contribution is -2.38. The largest absolute Gasteiger partial charge is 0.490 e. The van der Waals surface area contributed by atoms with E-state index in [1.807, 2.05) is 0 Å². The average Bonchev–Trinajstić information content (AvgIpc) is 2.55. The highest BCUT2D eigenvalue weighted by molar-refractivity contribution is 6.34. The number of hydrogen-bond donors (Lipinski definition) is 1. The van der Waals surface area contributed by atoms with Gasteiger partial charge in [0.2, 0.25) is 5.91 Å². The van der Waals surface area contributed by atoms with Gasteiger partial charge in [0.1, 0.15) is 18.2 Å². The Morgan fingerprint density at radius 1 is 1.25 bits per heavy atom. The van der Waals surface area contributed by atoms with Crippen molar-refractivity contribution in [1.29, 1.82) is 0 Å². The number of benzene rings is 2. The molecule has 1 aliphatic heterocycles. The fraction of sp³-hybridized carbons (Fsp3) is 0.176. The van der Waals surface area contributed by atoms with Crippen molar-refractivity contribution < 1.29 is 18.7 Å². The van der Waals surface area contributed by atoms with Crippen molar-refractivity contribution in [3.05, 3.63) is 52.8 Å². The molecule has 124 valence electrons. The molecule has 0 bridgehead atoms. The predicted molar refractivity (Wildman–Crippen MR) is 89.3 cm³/mol. The molecular weight excluding hydrogens is 335 g/mol. The molecule has 0 unspecified atom stereocenters. The van der Waals surface area contributed by atoms with E-state index in [1.54, 1.807) is 6.07 Å². The van der Waals surface area contributed by atoms with Crippen LogP contribution in [0.3, 0.4) is 0 Å². The van der Waals surface area contributed by atoms with Gasteiger partial charge in [-0.3, -0.25) is 9.59 Å². The van der Waals surface area contributed by atoms with Crippen molar-refractivity contribution in [3.63, 3.8) is 0 Å². The first-order valence-electron chi connectivity index (χ1n) is 7.27. The summed E-state index contributed by atoms with van der Waals surface area (Å²) in [7, 11) is 0. The highest BCUT2D eigenvalue weighted by Gasteiger charge is 2.26. The van der Waals surface area contributed by atoms with Gasteiger partial charge < -0.3 is 15.0 Å². The van der Waals surface area contributed by atoms with Crippen LogP contribution >= 0.6 is 11.6 Å². The summed E-state index contributed by atoms with van der Waals surface area (Å²) in [5, 5.41) is 2.85. The molecule has 0 aromatic heterocycles. The maximum atomic E-state index is 13.6. The van der Waals surface area contributed by atoms with E-state index in [1.165, 1.54) is 42.2 Å². The fourth-order valence-corrected chi connectivity index (χ4v) is 2.72. The molecule has 2 aromatic carbocycles. The number of anilines is 2. The molecule has 24 heavy (non-hydrogen) atoms. The first-order chi connectivity index (χ1) is 11.5. The van der Waals surface area contributed by atoms with Gasteiger partial charge in [-0.25, -0.2) is 4.39 Å². The number of nitrogens with zero attached hydrogens (tertiary/aromatic N) is 1. The summed E-state index contributed by atoms with van der Waals surface area (Å²) >= 11 is 6.14. The number of hydrogen-bond acceptors (Lipinski definition) is 3. The minimum atomic E-state index is -0.463. The van der Waals surface area contributed by atoms with E-state index >= 15 is 0 Å². The van der Waals surface area contributed by atoms with Gasteiger partial charge in [0.15, 0.2) is 0 Å². The molecule has 7 heteroatoms. The van der Waals surface area contributed by atoms with Gasteiger partial charge in [-0.2, -0.15) is 0 Å². The minimum Gasteiger partial charge on any atom is -0.490 e. The van der Waals surface area contributed by atoms with Crippen LogP contribution < -0.4 is 15.0 Å². The highest BCUT2D eigenvalue weighted by Crippen LogP contribution is 2.34. The first-order valence-corrected chi connectivity index (χ1v) is 7.65. The third kappa shape index (κ3) is 3.19. The van der Waals surface area contributed by atoms with Gasteiger partial charge >= 0.3 is 0 Å². The number of ether oxygens (including phenoxy) is 1. The lowest BCUT2D eigenvalue weighted by atomic mass is 10.1. The van der Waals surface area contributed by atoms with Gasteiger partial charge in [0.25, 0.3) is 5.91 Å². The van der Waals surface area contributed by atoms with Crippen molar-refractivity contribution >= 4 is 34.8 Å². The zero-order valence-electron chi connectivity index (χ0n) is 12.8. The van der Waals surface area contributed by atoms with Crippen molar-refractivity contribution in [2.24, 2.45) is 0 Å². The summed E-state index contributed by atoms with van der Waals surface area (Å²) < 4.78 is 19.0. The van der Waals surface area contributed by atoms with Gasteiger partial charge in [0.05, 0.1) is 22.8 Å². The summed E-state index contributed by atoms with van der Waals surface area (Å²) in [5.74, 6) is -0.669. The fourth-order valence-electron chi connectivity index (χ4n) is 2.52. The molecule has 5 nitrogen and oxygen atoms in total. The van der Waals surface area contributed by atoms with E-state index in [0.29, 0.717) is 23.7 Å². The Hall–Kier alpha value is -2.60. The Labute approximate surface area is 143 Å². The normalized spacial score (nSPS) is 13.0. The molecule has 0 fully saturated rings. The SMILES string of the molecule is CC(=O)Nc1ccc(Cl)c(C(=O)N2CCOc3ccc(F)cc32)c1. The molecule has 1 heterocycles. The summed E-state index contributed by atoms with van der Waals surface area (Å²) in [6.45, 7) is 1.94. The number of carbonyl (C=O) groups is 2. The van der Waals surface area contributed by atoms with Crippen LogP contribution in [0, 0.1) is 5.82 Å². The monoisotopic (exact) mass is 348 g/mol. The third-order valence-electron chi connectivity index (χ3n) is 3.55. The van der Waals surface area contributed by atoms with E-state index < -0.39 is 5.82 Å². The van der Waals surface area contributed by atoms with Gasteiger partial charge in [-0.05, 0) is 30.3 Å². The second-order valence-corrected chi connectivity index (χ2v) is 5.70. The Morgan fingerprint density at radius 2 is 2.04 bits per heavy atom. The first kappa shape index (κ1) is 16.3. The third-order valence-corrected chi connectivity index (χ3v) is 3.88. The Bertz CT molecular complexity index is 825. The van der Waals surface area contributed by atoms with E-state index in [4.69, 9.17) is 16.3 Å². The molecule has 1 N–H and O–H groups in total. The summed E-state index contributed by atoms with van der Waals surface area (Å²) in [6, 6.07) is 8.65. The van der Waals surface area contributed by atoms with Gasteiger partial charge in [-0.15, -0.1) is 0 Å². The predicted octanol–water partition coefficient (Wildman–Crippen LogP) is 3.48. The number of nitrogens with one attached hydrogen (secondary N) is 1. The number of carbonyl (C=O) groups excluding carboxylic acids is 2. The lowest BCUT2D eigenvalue weighted by molar-refractivity contribution is -0.114. The van der Waals surface area contributed by atoms with E-state index in [9.17, 15) is 14.0 Å². The topological polar surface area (TPSA) is 58.6 Å². The number of fused-ring (bicyclic) bond motifs is 1. The molecule has 1 aliphatic rings. The molecule has 0 spiro atoms. The van der Waals surface area contributed by atoms with Crippen molar-refractivity contribution in [1.82, 2.24) is 0 Å². The van der Waals surface area contributed by atoms with Gasteiger partial charge in [-0.1, -0.05) is 11.6 Å². The number of halogens is 2. The Balaban J connectivity index is 1.99. The molecule has 2 amide bonds. The summed E-state index contributed by atoms with van der Waals surface area (Å²) in [6.07, 6.45) is 0. The van der Waals surface area contributed by atoms with E-state index in [0.717, 1.165) is 0 Å². The van der Waals surface area contributed by atoms with Gasteiger partial charge in [0, 0.05) is 18.7 Å². The van der Waals surface area contributed by atoms with Crippen molar-refractivity contribution in [2.45, 2.75) is 6.92 Å². The molecule has 0 atom stereocenters.